The van der Waals surface area contributed by atoms with Crippen LogP contribution in [0.25, 0.3) is 0 Å². The van der Waals surface area contributed by atoms with Crippen LogP contribution >= 0.6 is 22.6 Å². The molecular weight excluding hydrogens is 387 g/mol. The number of fused-ring (bicyclic) bond motifs is 1. The molecule has 21 heavy (non-hydrogen) atoms. The van der Waals surface area contributed by atoms with Crippen LogP contribution in [0.15, 0.2) is 48.5 Å². The largest absolute Gasteiger partial charge is 0.305 e. The van der Waals surface area contributed by atoms with Crippen molar-refractivity contribution in [1.29, 1.82) is 0 Å². The highest BCUT2D eigenvalue weighted by Gasteiger charge is 2.39. The Labute approximate surface area is 134 Å². The summed E-state index contributed by atoms with van der Waals surface area (Å²) in [5.74, 6) is -3.34. The minimum absolute atomic E-state index is 0.0724. The maximum atomic E-state index is 14.4. The van der Waals surface area contributed by atoms with Gasteiger partial charge in [0.1, 0.15) is 0 Å². The standard InChI is InChI=1S/C16H12F2INO/c17-16(18,12-4-2-1-3-5-12)10-20-14-7-6-13(19)8-11(14)9-15(20)21/h1-8H,9-10H2. The molecule has 0 atom stereocenters. The van der Waals surface area contributed by atoms with Crippen LogP contribution in [0.5, 0.6) is 0 Å². The van der Waals surface area contributed by atoms with Gasteiger partial charge in [0.05, 0.1) is 13.0 Å². The summed E-state index contributed by atoms with van der Waals surface area (Å²) in [4.78, 5) is 13.2. The summed E-state index contributed by atoms with van der Waals surface area (Å²) in [5.41, 5.74) is 1.34. The number of hydrogen-bond acceptors (Lipinski definition) is 1. The van der Waals surface area contributed by atoms with Gasteiger partial charge in [-0.3, -0.25) is 4.79 Å². The summed E-state index contributed by atoms with van der Waals surface area (Å²) in [5, 5.41) is 0. The molecule has 1 aliphatic rings. The molecule has 3 rings (SSSR count). The van der Waals surface area contributed by atoms with E-state index in [9.17, 15) is 13.6 Å². The van der Waals surface area contributed by atoms with Crippen LogP contribution in [0.1, 0.15) is 11.1 Å². The number of carbonyl (C=O) groups excluding carboxylic acids is 1. The van der Waals surface area contributed by atoms with E-state index >= 15 is 0 Å². The second-order valence-electron chi connectivity index (χ2n) is 5.00. The van der Waals surface area contributed by atoms with Crippen LogP contribution in [0.2, 0.25) is 0 Å². The minimum atomic E-state index is -3.07. The Morgan fingerprint density at radius 3 is 2.57 bits per heavy atom. The van der Waals surface area contributed by atoms with Crippen molar-refractivity contribution in [3.63, 3.8) is 0 Å². The molecule has 0 unspecified atom stereocenters. The third-order valence-electron chi connectivity index (χ3n) is 3.53. The summed E-state index contributed by atoms with van der Waals surface area (Å²) in [6.45, 7) is -0.622. The lowest BCUT2D eigenvalue weighted by molar-refractivity contribution is -0.118. The minimum Gasteiger partial charge on any atom is -0.305 e. The lowest BCUT2D eigenvalue weighted by atomic mass is 10.1. The van der Waals surface area contributed by atoms with Crippen LogP contribution in [-0.4, -0.2) is 12.5 Å². The maximum Gasteiger partial charge on any atom is 0.290 e. The molecule has 0 radical (unpaired) electrons. The van der Waals surface area contributed by atoms with Gasteiger partial charge >= 0.3 is 0 Å². The third kappa shape index (κ3) is 2.79. The number of nitrogens with zero attached hydrogens (tertiary/aromatic N) is 1. The number of hydrogen-bond donors (Lipinski definition) is 0. The van der Waals surface area contributed by atoms with Gasteiger partial charge in [-0.15, -0.1) is 0 Å². The Morgan fingerprint density at radius 2 is 1.86 bits per heavy atom. The van der Waals surface area contributed by atoms with Crippen LogP contribution < -0.4 is 4.90 Å². The van der Waals surface area contributed by atoms with Crippen molar-refractivity contribution in [3.8, 4) is 0 Å². The Bertz CT molecular complexity index is 688. The molecule has 0 saturated carbocycles. The summed E-state index contributed by atoms with van der Waals surface area (Å²) in [7, 11) is 0. The monoisotopic (exact) mass is 399 g/mol. The lowest BCUT2D eigenvalue weighted by Gasteiger charge is -2.24. The van der Waals surface area contributed by atoms with Crippen LogP contribution in [0.3, 0.4) is 0 Å². The SMILES string of the molecule is O=C1Cc2cc(I)ccc2N1CC(F)(F)c1ccccc1. The van der Waals surface area contributed by atoms with Gasteiger partial charge in [0.25, 0.3) is 5.92 Å². The smallest absolute Gasteiger partial charge is 0.290 e. The van der Waals surface area contributed by atoms with E-state index in [1.165, 1.54) is 17.0 Å². The van der Waals surface area contributed by atoms with E-state index in [4.69, 9.17) is 0 Å². The van der Waals surface area contributed by atoms with Crippen molar-refractivity contribution in [2.75, 3.05) is 11.4 Å². The number of benzene rings is 2. The highest BCUT2D eigenvalue weighted by Crippen LogP contribution is 2.36. The fourth-order valence-corrected chi connectivity index (χ4v) is 3.05. The van der Waals surface area contributed by atoms with Crippen molar-refractivity contribution in [3.05, 3.63) is 63.2 Å². The van der Waals surface area contributed by atoms with E-state index < -0.39 is 12.5 Å². The number of alkyl halides is 2. The van der Waals surface area contributed by atoms with Gasteiger partial charge < -0.3 is 4.90 Å². The molecule has 5 heteroatoms. The first-order valence-electron chi connectivity index (χ1n) is 6.49. The van der Waals surface area contributed by atoms with Crippen LogP contribution in [0.4, 0.5) is 14.5 Å². The predicted molar refractivity (Wildman–Crippen MR) is 85.6 cm³/mol. The van der Waals surface area contributed by atoms with E-state index in [2.05, 4.69) is 22.6 Å². The summed E-state index contributed by atoms with van der Waals surface area (Å²) < 4.78 is 29.7. The molecule has 1 amide bonds. The zero-order valence-electron chi connectivity index (χ0n) is 11.0. The van der Waals surface area contributed by atoms with Gasteiger partial charge in [-0.05, 0) is 46.4 Å². The topological polar surface area (TPSA) is 20.3 Å². The molecule has 0 aromatic heterocycles. The van der Waals surface area contributed by atoms with Gasteiger partial charge in [0.2, 0.25) is 5.91 Å². The highest BCUT2D eigenvalue weighted by atomic mass is 127. The molecule has 1 heterocycles. The number of anilines is 1. The molecule has 1 aliphatic heterocycles. The first-order valence-corrected chi connectivity index (χ1v) is 7.57. The van der Waals surface area contributed by atoms with Crippen LogP contribution in [-0.2, 0) is 17.1 Å². The average Bonchev–Trinajstić information content (AvgIpc) is 2.75. The van der Waals surface area contributed by atoms with Crippen molar-refractivity contribution < 1.29 is 13.6 Å². The van der Waals surface area contributed by atoms with E-state index in [-0.39, 0.29) is 17.9 Å². The second-order valence-corrected chi connectivity index (χ2v) is 6.25. The molecule has 0 saturated heterocycles. The third-order valence-corrected chi connectivity index (χ3v) is 4.20. The Balaban J connectivity index is 1.91. The van der Waals surface area contributed by atoms with Gasteiger partial charge in [-0.1, -0.05) is 30.3 Å². The summed E-state index contributed by atoms with van der Waals surface area (Å²) in [6.07, 6.45) is 0.192. The van der Waals surface area contributed by atoms with Crippen molar-refractivity contribution >= 4 is 34.2 Å². The predicted octanol–water partition coefficient (Wildman–Crippen LogP) is 3.97. The summed E-state index contributed by atoms with van der Waals surface area (Å²) in [6, 6.07) is 13.0. The Morgan fingerprint density at radius 1 is 1.14 bits per heavy atom. The first-order chi connectivity index (χ1) is 9.97. The first kappa shape index (κ1) is 14.4. The fraction of sp³-hybridized carbons (Fsp3) is 0.188. The van der Waals surface area contributed by atoms with Gasteiger partial charge in [-0.2, -0.15) is 8.78 Å². The average molecular weight is 399 g/mol. The molecule has 108 valence electrons. The van der Waals surface area contributed by atoms with E-state index in [0.29, 0.717) is 5.69 Å². The van der Waals surface area contributed by atoms with E-state index in [0.717, 1.165) is 9.13 Å². The number of rotatable bonds is 3. The number of halogens is 3. The van der Waals surface area contributed by atoms with Gasteiger partial charge in [0.15, 0.2) is 0 Å². The lowest BCUT2D eigenvalue weighted by Crippen LogP contribution is -2.37. The molecular formula is C16H12F2INO. The quantitative estimate of drug-likeness (QED) is 0.716. The Hall–Kier alpha value is -1.50. The molecule has 0 aliphatic carbocycles. The van der Waals surface area contributed by atoms with Crippen molar-refractivity contribution in [1.82, 2.24) is 0 Å². The maximum absolute atomic E-state index is 14.4. The van der Waals surface area contributed by atoms with Crippen LogP contribution in [0, 0.1) is 3.57 Å². The number of amides is 1. The van der Waals surface area contributed by atoms with Gasteiger partial charge in [0, 0.05) is 14.8 Å². The molecule has 2 aromatic rings. The molecule has 2 aromatic carbocycles. The van der Waals surface area contributed by atoms with Crippen molar-refractivity contribution in [2.45, 2.75) is 12.3 Å². The fourth-order valence-electron chi connectivity index (χ4n) is 2.50. The van der Waals surface area contributed by atoms with Gasteiger partial charge in [-0.25, -0.2) is 0 Å². The van der Waals surface area contributed by atoms with E-state index in [1.807, 2.05) is 12.1 Å². The zero-order chi connectivity index (χ0) is 15.0. The highest BCUT2D eigenvalue weighted by molar-refractivity contribution is 14.1. The number of carbonyl (C=O) groups is 1. The molecule has 2 nitrogen and oxygen atoms in total. The zero-order valence-corrected chi connectivity index (χ0v) is 13.2. The molecule has 0 N–H and O–H groups in total. The summed E-state index contributed by atoms with van der Waals surface area (Å²) >= 11 is 2.15. The van der Waals surface area contributed by atoms with Crippen molar-refractivity contribution in [2.24, 2.45) is 0 Å². The normalized spacial score (nSPS) is 14.4. The molecule has 0 fully saturated rings. The Kier molecular flexibility index (Phi) is 3.69. The second kappa shape index (κ2) is 5.36. The van der Waals surface area contributed by atoms with E-state index in [1.54, 1.807) is 24.3 Å². The molecule has 0 spiro atoms. The molecule has 0 bridgehead atoms.